The van der Waals surface area contributed by atoms with Crippen molar-refractivity contribution < 1.29 is 9.13 Å². The monoisotopic (exact) mass is 324 g/mol. The molecule has 1 heterocycles. The minimum Gasteiger partial charge on any atom is -0.383 e. The molecule has 124 valence electrons. The Hall–Kier alpha value is -2.38. The number of nitrogens with zero attached hydrogens (tertiary/aromatic N) is 1. The van der Waals surface area contributed by atoms with Gasteiger partial charge in [0.1, 0.15) is 17.4 Å². The second-order valence-corrected chi connectivity index (χ2v) is 6.34. The number of benzene rings is 2. The molecule has 0 saturated carbocycles. The second kappa shape index (κ2) is 7.02. The lowest BCUT2D eigenvalue weighted by Crippen LogP contribution is -2.40. The first-order chi connectivity index (χ1) is 11.7. The molecule has 24 heavy (non-hydrogen) atoms. The van der Waals surface area contributed by atoms with E-state index in [2.05, 4.69) is 30.4 Å². The first-order valence-corrected chi connectivity index (χ1v) is 8.23. The Morgan fingerprint density at radius 3 is 2.62 bits per heavy atom. The molecule has 1 N–H and O–H groups in total. The Labute approximate surface area is 142 Å². The average Bonchev–Trinajstić information content (AvgIpc) is 2.61. The highest BCUT2D eigenvalue weighted by Gasteiger charge is 2.35. The van der Waals surface area contributed by atoms with Gasteiger partial charge < -0.3 is 10.1 Å². The summed E-state index contributed by atoms with van der Waals surface area (Å²) in [5.74, 6) is -0.487. The first kappa shape index (κ1) is 16.5. The zero-order chi connectivity index (χ0) is 17.0. The number of nitriles is 1. The molecule has 0 aliphatic carbocycles. The molecule has 0 unspecified atom stereocenters. The highest BCUT2D eigenvalue weighted by atomic mass is 19.1. The Bertz CT molecular complexity index is 760. The predicted molar refractivity (Wildman–Crippen MR) is 92.5 cm³/mol. The van der Waals surface area contributed by atoms with E-state index in [0.717, 1.165) is 12.8 Å². The van der Waals surface area contributed by atoms with E-state index in [0.29, 0.717) is 25.4 Å². The third-order valence-electron chi connectivity index (χ3n) is 4.91. The molecule has 0 bridgehead atoms. The SMILES string of the molecule is Cc1ccccc1C1(CNc2cccc(F)c2C#N)CCOCC1. The van der Waals surface area contributed by atoms with Crippen LogP contribution in [0.4, 0.5) is 10.1 Å². The maximum Gasteiger partial charge on any atom is 0.143 e. The summed E-state index contributed by atoms with van der Waals surface area (Å²) in [6, 6.07) is 15.0. The lowest BCUT2D eigenvalue weighted by atomic mass is 9.72. The van der Waals surface area contributed by atoms with Crippen molar-refractivity contribution in [3.63, 3.8) is 0 Å². The van der Waals surface area contributed by atoms with Crippen LogP contribution in [0.1, 0.15) is 29.5 Å². The number of aryl methyl sites for hydroxylation is 1. The maximum atomic E-state index is 13.8. The Morgan fingerprint density at radius 2 is 1.92 bits per heavy atom. The van der Waals surface area contributed by atoms with Gasteiger partial charge in [0, 0.05) is 25.2 Å². The minimum absolute atomic E-state index is 0.0668. The molecule has 2 aromatic rings. The fraction of sp³-hybridized carbons (Fsp3) is 0.350. The molecule has 0 aromatic heterocycles. The fourth-order valence-electron chi connectivity index (χ4n) is 3.52. The summed E-state index contributed by atoms with van der Waals surface area (Å²) in [7, 11) is 0. The molecule has 0 atom stereocenters. The van der Waals surface area contributed by atoms with Gasteiger partial charge in [-0.15, -0.1) is 0 Å². The van der Waals surface area contributed by atoms with Crippen LogP contribution in [0.2, 0.25) is 0 Å². The van der Waals surface area contributed by atoms with E-state index >= 15 is 0 Å². The minimum atomic E-state index is -0.487. The third-order valence-corrected chi connectivity index (χ3v) is 4.91. The van der Waals surface area contributed by atoms with Gasteiger partial charge in [0.05, 0.1) is 5.69 Å². The van der Waals surface area contributed by atoms with Crippen molar-refractivity contribution in [1.82, 2.24) is 0 Å². The summed E-state index contributed by atoms with van der Waals surface area (Å²) in [4.78, 5) is 0. The van der Waals surface area contributed by atoms with E-state index in [9.17, 15) is 9.65 Å². The van der Waals surface area contributed by atoms with Gasteiger partial charge in [-0.2, -0.15) is 5.26 Å². The average molecular weight is 324 g/mol. The van der Waals surface area contributed by atoms with E-state index < -0.39 is 5.82 Å². The second-order valence-electron chi connectivity index (χ2n) is 6.34. The van der Waals surface area contributed by atoms with Crippen LogP contribution in [-0.2, 0) is 10.2 Å². The Kier molecular flexibility index (Phi) is 4.82. The van der Waals surface area contributed by atoms with E-state index in [4.69, 9.17) is 4.74 Å². The Morgan fingerprint density at radius 1 is 1.17 bits per heavy atom. The van der Waals surface area contributed by atoms with Gasteiger partial charge in [-0.1, -0.05) is 30.3 Å². The van der Waals surface area contributed by atoms with Gasteiger partial charge in [0.25, 0.3) is 0 Å². The first-order valence-electron chi connectivity index (χ1n) is 8.23. The molecular weight excluding hydrogens is 303 g/mol. The third kappa shape index (κ3) is 3.13. The molecule has 1 saturated heterocycles. The lowest BCUT2D eigenvalue weighted by molar-refractivity contribution is 0.0542. The van der Waals surface area contributed by atoms with E-state index in [1.165, 1.54) is 17.2 Å². The van der Waals surface area contributed by atoms with Crippen LogP contribution in [-0.4, -0.2) is 19.8 Å². The zero-order valence-corrected chi connectivity index (χ0v) is 13.8. The van der Waals surface area contributed by atoms with Crippen LogP contribution in [0.3, 0.4) is 0 Å². The molecule has 0 radical (unpaired) electrons. The smallest absolute Gasteiger partial charge is 0.143 e. The van der Waals surface area contributed by atoms with Crippen molar-refractivity contribution in [3.05, 3.63) is 65.0 Å². The zero-order valence-electron chi connectivity index (χ0n) is 13.8. The van der Waals surface area contributed by atoms with E-state index in [1.54, 1.807) is 12.1 Å². The highest BCUT2D eigenvalue weighted by Crippen LogP contribution is 2.37. The Balaban J connectivity index is 1.91. The predicted octanol–water partition coefficient (Wildman–Crippen LogP) is 4.17. The molecule has 1 aliphatic heterocycles. The summed E-state index contributed by atoms with van der Waals surface area (Å²) in [5, 5.41) is 12.5. The van der Waals surface area contributed by atoms with Gasteiger partial charge in [-0.3, -0.25) is 0 Å². The summed E-state index contributed by atoms with van der Waals surface area (Å²) in [5.41, 5.74) is 3.11. The highest BCUT2D eigenvalue weighted by molar-refractivity contribution is 5.58. The maximum absolute atomic E-state index is 13.8. The molecule has 0 spiro atoms. The molecule has 3 nitrogen and oxygen atoms in total. The van der Waals surface area contributed by atoms with E-state index in [-0.39, 0.29) is 11.0 Å². The molecule has 1 aliphatic rings. The number of rotatable bonds is 4. The van der Waals surface area contributed by atoms with Gasteiger partial charge in [-0.05, 0) is 43.0 Å². The van der Waals surface area contributed by atoms with Crippen molar-refractivity contribution in [2.75, 3.05) is 25.1 Å². The molecule has 3 rings (SSSR count). The van der Waals surface area contributed by atoms with Crippen molar-refractivity contribution in [2.24, 2.45) is 0 Å². The summed E-state index contributed by atoms with van der Waals surface area (Å²) in [6.45, 7) is 4.20. The van der Waals surface area contributed by atoms with Crippen LogP contribution in [0, 0.1) is 24.1 Å². The van der Waals surface area contributed by atoms with Crippen LogP contribution in [0.15, 0.2) is 42.5 Å². The lowest BCUT2D eigenvalue weighted by Gasteiger charge is -2.39. The number of hydrogen-bond acceptors (Lipinski definition) is 3. The summed E-state index contributed by atoms with van der Waals surface area (Å²) < 4.78 is 19.4. The summed E-state index contributed by atoms with van der Waals surface area (Å²) >= 11 is 0. The topological polar surface area (TPSA) is 45.0 Å². The van der Waals surface area contributed by atoms with Crippen molar-refractivity contribution >= 4 is 5.69 Å². The van der Waals surface area contributed by atoms with Gasteiger partial charge in [-0.25, -0.2) is 4.39 Å². The number of halogens is 1. The number of nitrogens with one attached hydrogen (secondary N) is 1. The van der Waals surface area contributed by atoms with Gasteiger partial charge in [0.2, 0.25) is 0 Å². The molecular formula is C20H21FN2O. The fourth-order valence-corrected chi connectivity index (χ4v) is 3.52. The standard InChI is InChI=1S/C20H21FN2O/c1-15-5-2-3-6-17(15)20(9-11-24-12-10-20)14-23-19-8-4-7-18(21)16(19)13-22/h2-8,23H,9-12,14H2,1H3. The van der Waals surface area contributed by atoms with E-state index in [1.807, 2.05) is 12.1 Å². The summed E-state index contributed by atoms with van der Waals surface area (Å²) in [6.07, 6.45) is 1.81. The van der Waals surface area contributed by atoms with Crippen LogP contribution < -0.4 is 5.32 Å². The number of hydrogen-bond donors (Lipinski definition) is 1. The van der Waals surface area contributed by atoms with Crippen molar-refractivity contribution in [1.29, 1.82) is 5.26 Å². The largest absolute Gasteiger partial charge is 0.383 e. The molecule has 1 fully saturated rings. The quantitative estimate of drug-likeness (QED) is 0.918. The molecule has 2 aromatic carbocycles. The van der Waals surface area contributed by atoms with Gasteiger partial charge in [0.15, 0.2) is 0 Å². The normalized spacial score (nSPS) is 16.4. The van der Waals surface area contributed by atoms with Gasteiger partial charge >= 0.3 is 0 Å². The van der Waals surface area contributed by atoms with Crippen molar-refractivity contribution in [2.45, 2.75) is 25.2 Å². The van der Waals surface area contributed by atoms with Crippen LogP contribution >= 0.6 is 0 Å². The van der Waals surface area contributed by atoms with Crippen LogP contribution in [0.5, 0.6) is 0 Å². The molecule has 4 heteroatoms. The molecule has 0 amide bonds. The number of anilines is 1. The van der Waals surface area contributed by atoms with Crippen molar-refractivity contribution in [3.8, 4) is 6.07 Å². The van der Waals surface area contributed by atoms with Crippen LogP contribution in [0.25, 0.3) is 0 Å². The number of ether oxygens (including phenoxy) is 1.